The third-order valence-electron chi connectivity index (χ3n) is 2.34. The maximum Gasteiger partial charge on any atom is 0.416 e. The van der Waals surface area contributed by atoms with Gasteiger partial charge in [0.05, 0.1) is 5.56 Å². The lowest BCUT2D eigenvalue weighted by Crippen LogP contribution is -2.38. The van der Waals surface area contributed by atoms with E-state index >= 15 is 0 Å². The SMILES string of the molecule is CSCC(Cc1cccc(C(F)(F)F)c1)NN. The molecular weight excluding hydrogens is 249 g/mol. The molecule has 0 saturated heterocycles. The van der Waals surface area contributed by atoms with Crippen molar-refractivity contribution < 1.29 is 13.2 Å². The Morgan fingerprint density at radius 2 is 2.12 bits per heavy atom. The number of thioether (sulfide) groups is 1. The van der Waals surface area contributed by atoms with Crippen LogP contribution in [0.2, 0.25) is 0 Å². The van der Waals surface area contributed by atoms with E-state index in [9.17, 15) is 13.2 Å². The van der Waals surface area contributed by atoms with Crippen LogP contribution in [0.3, 0.4) is 0 Å². The average Bonchev–Trinajstić information content (AvgIpc) is 2.28. The minimum Gasteiger partial charge on any atom is -0.271 e. The monoisotopic (exact) mass is 264 g/mol. The molecule has 0 heterocycles. The molecular formula is C11H15F3N2S. The zero-order valence-electron chi connectivity index (χ0n) is 9.42. The van der Waals surface area contributed by atoms with E-state index in [1.165, 1.54) is 12.1 Å². The molecule has 0 fully saturated rings. The van der Waals surface area contributed by atoms with Gasteiger partial charge in [0.1, 0.15) is 0 Å². The van der Waals surface area contributed by atoms with E-state index in [4.69, 9.17) is 5.84 Å². The summed E-state index contributed by atoms with van der Waals surface area (Å²) in [5.41, 5.74) is 2.63. The number of halogens is 3. The second-order valence-electron chi connectivity index (χ2n) is 3.72. The number of nitrogens with one attached hydrogen (secondary N) is 1. The molecule has 1 atom stereocenters. The van der Waals surface area contributed by atoms with E-state index in [1.807, 2.05) is 6.26 Å². The molecule has 1 rings (SSSR count). The number of hydrazine groups is 1. The summed E-state index contributed by atoms with van der Waals surface area (Å²) in [6.07, 6.45) is -1.88. The molecule has 96 valence electrons. The first-order chi connectivity index (χ1) is 7.97. The van der Waals surface area contributed by atoms with E-state index in [2.05, 4.69) is 5.43 Å². The van der Waals surface area contributed by atoms with Gasteiger partial charge in [-0.2, -0.15) is 24.9 Å². The number of nitrogens with two attached hydrogens (primary N) is 1. The Morgan fingerprint density at radius 1 is 1.41 bits per heavy atom. The molecule has 1 aromatic rings. The first-order valence-corrected chi connectivity index (χ1v) is 6.48. The smallest absolute Gasteiger partial charge is 0.271 e. The predicted molar refractivity (Wildman–Crippen MR) is 64.6 cm³/mol. The van der Waals surface area contributed by atoms with Gasteiger partial charge in [0.25, 0.3) is 0 Å². The molecule has 1 aromatic carbocycles. The van der Waals surface area contributed by atoms with Crippen molar-refractivity contribution in [1.82, 2.24) is 5.43 Å². The lowest BCUT2D eigenvalue weighted by atomic mass is 10.0. The summed E-state index contributed by atoms with van der Waals surface area (Å²) >= 11 is 1.60. The van der Waals surface area contributed by atoms with Gasteiger partial charge in [0, 0.05) is 11.8 Å². The van der Waals surface area contributed by atoms with E-state index in [0.717, 1.165) is 11.8 Å². The largest absolute Gasteiger partial charge is 0.416 e. The number of hydrogen-bond acceptors (Lipinski definition) is 3. The van der Waals surface area contributed by atoms with Crippen LogP contribution in [0.25, 0.3) is 0 Å². The van der Waals surface area contributed by atoms with Crippen LogP contribution in [0.15, 0.2) is 24.3 Å². The Kier molecular flexibility index (Phi) is 5.30. The maximum absolute atomic E-state index is 12.5. The molecule has 0 aromatic heterocycles. The molecule has 0 aliphatic rings. The van der Waals surface area contributed by atoms with Crippen molar-refractivity contribution in [3.8, 4) is 0 Å². The average molecular weight is 264 g/mol. The quantitative estimate of drug-likeness (QED) is 0.633. The molecule has 17 heavy (non-hydrogen) atoms. The highest BCUT2D eigenvalue weighted by Gasteiger charge is 2.30. The zero-order chi connectivity index (χ0) is 12.9. The number of alkyl halides is 3. The van der Waals surface area contributed by atoms with Crippen LogP contribution < -0.4 is 11.3 Å². The lowest BCUT2D eigenvalue weighted by molar-refractivity contribution is -0.137. The molecule has 2 nitrogen and oxygen atoms in total. The Morgan fingerprint density at radius 3 is 2.65 bits per heavy atom. The van der Waals surface area contributed by atoms with Crippen molar-refractivity contribution in [1.29, 1.82) is 0 Å². The van der Waals surface area contributed by atoms with Crippen molar-refractivity contribution in [2.45, 2.75) is 18.6 Å². The Bertz CT molecular complexity index is 355. The van der Waals surface area contributed by atoms with Gasteiger partial charge in [0.2, 0.25) is 0 Å². The fraction of sp³-hybridized carbons (Fsp3) is 0.455. The normalized spacial score (nSPS) is 13.7. The Labute approximate surface area is 103 Å². The van der Waals surface area contributed by atoms with Gasteiger partial charge in [-0.25, -0.2) is 0 Å². The van der Waals surface area contributed by atoms with E-state index in [0.29, 0.717) is 12.0 Å². The van der Waals surface area contributed by atoms with Crippen LogP contribution in [0.4, 0.5) is 13.2 Å². The second kappa shape index (κ2) is 6.28. The van der Waals surface area contributed by atoms with E-state index < -0.39 is 11.7 Å². The molecule has 0 amide bonds. The first-order valence-electron chi connectivity index (χ1n) is 5.08. The third-order valence-corrected chi connectivity index (χ3v) is 3.08. The highest BCUT2D eigenvalue weighted by Crippen LogP contribution is 2.29. The highest BCUT2D eigenvalue weighted by molar-refractivity contribution is 7.98. The van der Waals surface area contributed by atoms with E-state index in [-0.39, 0.29) is 6.04 Å². The summed E-state index contributed by atoms with van der Waals surface area (Å²) in [6, 6.07) is 5.33. The van der Waals surface area contributed by atoms with Gasteiger partial charge in [-0.3, -0.25) is 11.3 Å². The molecule has 0 aliphatic heterocycles. The summed E-state index contributed by atoms with van der Waals surface area (Å²) < 4.78 is 37.5. The maximum atomic E-state index is 12.5. The summed E-state index contributed by atoms with van der Waals surface area (Å²) in [5, 5.41) is 0. The van der Waals surface area contributed by atoms with Gasteiger partial charge in [-0.15, -0.1) is 0 Å². The second-order valence-corrected chi connectivity index (χ2v) is 4.63. The van der Waals surface area contributed by atoms with Gasteiger partial charge in [-0.1, -0.05) is 18.2 Å². The van der Waals surface area contributed by atoms with Crippen molar-refractivity contribution in [3.63, 3.8) is 0 Å². The molecule has 0 bridgehead atoms. The fourth-order valence-electron chi connectivity index (χ4n) is 1.53. The van der Waals surface area contributed by atoms with Crippen LogP contribution >= 0.6 is 11.8 Å². The van der Waals surface area contributed by atoms with Crippen LogP contribution in [-0.2, 0) is 12.6 Å². The molecule has 6 heteroatoms. The predicted octanol–water partition coefficient (Wildman–Crippen LogP) is 2.44. The molecule has 3 N–H and O–H groups in total. The molecule has 0 saturated carbocycles. The fourth-order valence-corrected chi connectivity index (χ4v) is 2.14. The summed E-state index contributed by atoms with van der Waals surface area (Å²) in [4.78, 5) is 0. The van der Waals surface area contributed by atoms with Crippen molar-refractivity contribution in [3.05, 3.63) is 35.4 Å². The van der Waals surface area contributed by atoms with Gasteiger partial charge in [-0.05, 0) is 24.3 Å². The zero-order valence-corrected chi connectivity index (χ0v) is 10.2. The van der Waals surface area contributed by atoms with Crippen LogP contribution in [-0.4, -0.2) is 18.1 Å². The van der Waals surface area contributed by atoms with Gasteiger partial charge < -0.3 is 0 Å². The third kappa shape index (κ3) is 4.57. The molecule has 0 spiro atoms. The minimum atomic E-state index is -4.29. The number of hydrogen-bond donors (Lipinski definition) is 2. The lowest BCUT2D eigenvalue weighted by Gasteiger charge is -2.15. The van der Waals surface area contributed by atoms with Crippen LogP contribution in [0, 0.1) is 0 Å². The van der Waals surface area contributed by atoms with Crippen molar-refractivity contribution in [2.75, 3.05) is 12.0 Å². The molecule has 0 radical (unpaired) electrons. The Balaban J connectivity index is 2.78. The van der Waals surface area contributed by atoms with Gasteiger partial charge in [0.15, 0.2) is 0 Å². The molecule has 0 aliphatic carbocycles. The van der Waals surface area contributed by atoms with Crippen LogP contribution in [0.1, 0.15) is 11.1 Å². The number of benzene rings is 1. The topological polar surface area (TPSA) is 38.0 Å². The van der Waals surface area contributed by atoms with Crippen molar-refractivity contribution >= 4 is 11.8 Å². The summed E-state index contributed by atoms with van der Waals surface area (Å²) in [6.45, 7) is 0. The Hall–Kier alpha value is -0.720. The van der Waals surface area contributed by atoms with E-state index in [1.54, 1.807) is 17.8 Å². The highest BCUT2D eigenvalue weighted by atomic mass is 32.2. The summed E-state index contributed by atoms with van der Waals surface area (Å²) in [5.74, 6) is 6.10. The van der Waals surface area contributed by atoms with Gasteiger partial charge >= 0.3 is 6.18 Å². The standard InChI is InChI=1S/C11H15F3N2S/c1-17-7-10(16-15)6-8-3-2-4-9(5-8)11(12,13)14/h2-5,10,16H,6-7,15H2,1H3. The number of rotatable bonds is 5. The van der Waals surface area contributed by atoms with Crippen LogP contribution in [0.5, 0.6) is 0 Å². The van der Waals surface area contributed by atoms with Crippen molar-refractivity contribution in [2.24, 2.45) is 5.84 Å². The summed E-state index contributed by atoms with van der Waals surface area (Å²) in [7, 11) is 0. The minimum absolute atomic E-state index is 0.0199. The first kappa shape index (κ1) is 14.3. The molecule has 1 unspecified atom stereocenters.